The lowest BCUT2D eigenvalue weighted by Crippen LogP contribution is -2.53. The van der Waals surface area contributed by atoms with E-state index in [1.807, 2.05) is 0 Å². The molecule has 0 bridgehead atoms. The fourth-order valence-electron chi connectivity index (χ4n) is 1.05. The molecule has 0 fully saturated rings. The first-order valence-corrected chi connectivity index (χ1v) is 4.99. The molecule has 0 aromatic rings. The first-order chi connectivity index (χ1) is 7.41. The standard InChI is InChI=1S/C10H19NO5/c1-5-10(2,16-4)9(14)11-7(6-15-3)8(12)13/h7H,5-6H2,1-4H3,(H,11,14)(H,12,13). The summed E-state index contributed by atoms with van der Waals surface area (Å²) in [6, 6.07) is -1.06. The molecule has 0 rings (SSSR count). The summed E-state index contributed by atoms with van der Waals surface area (Å²) in [4.78, 5) is 22.6. The van der Waals surface area contributed by atoms with Crippen molar-refractivity contribution in [3.63, 3.8) is 0 Å². The van der Waals surface area contributed by atoms with E-state index in [0.29, 0.717) is 6.42 Å². The summed E-state index contributed by atoms with van der Waals surface area (Å²) in [5, 5.41) is 11.2. The Balaban J connectivity index is 4.56. The van der Waals surface area contributed by atoms with Gasteiger partial charge in [0.15, 0.2) is 6.04 Å². The minimum atomic E-state index is -1.13. The lowest BCUT2D eigenvalue weighted by atomic mass is 10.0. The van der Waals surface area contributed by atoms with Crippen LogP contribution in [0.25, 0.3) is 0 Å². The molecule has 16 heavy (non-hydrogen) atoms. The monoisotopic (exact) mass is 233 g/mol. The molecular weight excluding hydrogens is 214 g/mol. The van der Waals surface area contributed by atoms with Gasteiger partial charge in [-0.2, -0.15) is 0 Å². The van der Waals surface area contributed by atoms with E-state index in [2.05, 4.69) is 5.32 Å². The Morgan fingerprint density at radius 3 is 2.31 bits per heavy atom. The Bertz CT molecular complexity index is 250. The molecule has 0 spiro atoms. The maximum atomic E-state index is 11.8. The molecule has 6 nitrogen and oxygen atoms in total. The molecular formula is C10H19NO5. The molecule has 94 valence electrons. The molecule has 2 N–H and O–H groups in total. The molecule has 1 amide bonds. The minimum Gasteiger partial charge on any atom is -0.480 e. The fourth-order valence-corrected chi connectivity index (χ4v) is 1.05. The zero-order valence-corrected chi connectivity index (χ0v) is 10.1. The van der Waals surface area contributed by atoms with E-state index in [1.165, 1.54) is 14.2 Å². The molecule has 6 heteroatoms. The summed E-state index contributed by atoms with van der Waals surface area (Å²) in [5.41, 5.74) is -1.01. The number of hydrogen-bond donors (Lipinski definition) is 2. The van der Waals surface area contributed by atoms with Crippen molar-refractivity contribution in [1.82, 2.24) is 5.32 Å². The maximum Gasteiger partial charge on any atom is 0.328 e. The van der Waals surface area contributed by atoms with Crippen LogP contribution in [0.3, 0.4) is 0 Å². The van der Waals surface area contributed by atoms with E-state index in [-0.39, 0.29) is 6.61 Å². The Kier molecular flexibility index (Phi) is 5.98. The lowest BCUT2D eigenvalue weighted by Gasteiger charge is -2.27. The predicted octanol–water partition coefficient (Wildman–Crippen LogP) is 0.0173. The van der Waals surface area contributed by atoms with Crippen LogP contribution in [0.4, 0.5) is 0 Å². The highest BCUT2D eigenvalue weighted by molar-refractivity contribution is 5.89. The number of carboxylic acid groups (broad SMARTS) is 1. The average Bonchev–Trinajstić information content (AvgIpc) is 2.26. The first-order valence-electron chi connectivity index (χ1n) is 4.99. The molecule has 0 aliphatic rings. The molecule has 0 saturated carbocycles. The number of carbonyl (C=O) groups is 2. The van der Waals surface area contributed by atoms with Gasteiger partial charge in [0.05, 0.1) is 6.61 Å². The number of methoxy groups -OCH3 is 2. The third kappa shape index (κ3) is 3.79. The maximum absolute atomic E-state index is 11.8. The van der Waals surface area contributed by atoms with Crippen molar-refractivity contribution in [3.05, 3.63) is 0 Å². The fraction of sp³-hybridized carbons (Fsp3) is 0.800. The van der Waals surface area contributed by atoms with E-state index >= 15 is 0 Å². The molecule has 0 aliphatic heterocycles. The largest absolute Gasteiger partial charge is 0.480 e. The number of carboxylic acids is 1. The van der Waals surface area contributed by atoms with Gasteiger partial charge >= 0.3 is 5.97 Å². The van der Waals surface area contributed by atoms with Gasteiger partial charge in [-0.15, -0.1) is 0 Å². The zero-order valence-electron chi connectivity index (χ0n) is 10.1. The summed E-state index contributed by atoms with van der Waals surface area (Å²) < 4.78 is 9.77. The molecule has 2 atom stereocenters. The first kappa shape index (κ1) is 14.9. The lowest BCUT2D eigenvalue weighted by molar-refractivity contribution is -0.150. The van der Waals surface area contributed by atoms with Crippen molar-refractivity contribution in [2.45, 2.75) is 31.9 Å². The van der Waals surface area contributed by atoms with Gasteiger partial charge in [0, 0.05) is 14.2 Å². The Morgan fingerprint density at radius 2 is 2.00 bits per heavy atom. The number of hydrogen-bond acceptors (Lipinski definition) is 4. The molecule has 0 aromatic heterocycles. The molecule has 0 aromatic carbocycles. The second-order valence-corrected chi connectivity index (χ2v) is 3.61. The number of rotatable bonds is 7. The Morgan fingerprint density at radius 1 is 1.44 bits per heavy atom. The highest BCUT2D eigenvalue weighted by Gasteiger charge is 2.33. The van der Waals surface area contributed by atoms with Crippen LogP contribution in [0.1, 0.15) is 20.3 Å². The normalized spacial score (nSPS) is 16.2. The second kappa shape index (κ2) is 6.44. The van der Waals surface area contributed by atoms with Crippen LogP contribution in [-0.4, -0.2) is 49.5 Å². The number of aliphatic carboxylic acids is 1. The summed E-state index contributed by atoms with van der Waals surface area (Å²) >= 11 is 0. The van der Waals surface area contributed by atoms with Crippen LogP contribution < -0.4 is 5.32 Å². The van der Waals surface area contributed by atoms with E-state index in [0.717, 1.165) is 0 Å². The van der Waals surface area contributed by atoms with E-state index in [4.69, 9.17) is 14.6 Å². The average molecular weight is 233 g/mol. The number of carbonyl (C=O) groups excluding carboxylic acids is 1. The van der Waals surface area contributed by atoms with Gasteiger partial charge in [-0.05, 0) is 13.3 Å². The third-order valence-electron chi connectivity index (χ3n) is 2.54. The van der Waals surface area contributed by atoms with E-state index in [1.54, 1.807) is 13.8 Å². The Labute approximate surface area is 94.9 Å². The second-order valence-electron chi connectivity index (χ2n) is 3.61. The van der Waals surface area contributed by atoms with Crippen molar-refractivity contribution in [1.29, 1.82) is 0 Å². The summed E-state index contributed by atoms with van der Waals surface area (Å²) in [6.45, 7) is 3.31. The van der Waals surface area contributed by atoms with Crippen LogP contribution in [0.5, 0.6) is 0 Å². The van der Waals surface area contributed by atoms with Gasteiger partial charge in [-0.1, -0.05) is 6.92 Å². The van der Waals surface area contributed by atoms with Gasteiger partial charge in [0.2, 0.25) is 0 Å². The van der Waals surface area contributed by atoms with Gasteiger partial charge in [0.1, 0.15) is 5.60 Å². The third-order valence-corrected chi connectivity index (χ3v) is 2.54. The van der Waals surface area contributed by atoms with Crippen molar-refractivity contribution in [3.8, 4) is 0 Å². The van der Waals surface area contributed by atoms with Gasteiger partial charge in [-0.3, -0.25) is 4.79 Å². The van der Waals surface area contributed by atoms with Crippen LogP contribution in [0.15, 0.2) is 0 Å². The summed E-state index contributed by atoms with van der Waals surface area (Å²) in [6.07, 6.45) is 0.453. The van der Waals surface area contributed by atoms with Crippen LogP contribution in [0, 0.1) is 0 Å². The van der Waals surface area contributed by atoms with Crippen molar-refractivity contribution in [2.75, 3.05) is 20.8 Å². The molecule has 0 heterocycles. The summed E-state index contributed by atoms with van der Waals surface area (Å²) in [7, 11) is 2.78. The van der Waals surface area contributed by atoms with Gasteiger partial charge in [0.25, 0.3) is 5.91 Å². The zero-order chi connectivity index (χ0) is 12.8. The van der Waals surface area contributed by atoms with Gasteiger partial charge < -0.3 is 19.9 Å². The summed E-state index contributed by atoms with van der Waals surface area (Å²) in [5.74, 6) is -1.59. The molecule has 0 radical (unpaired) electrons. The van der Waals surface area contributed by atoms with Crippen molar-refractivity contribution < 1.29 is 24.2 Å². The van der Waals surface area contributed by atoms with Crippen molar-refractivity contribution in [2.24, 2.45) is 0 Å². The van der Waals surface area contributed by atoms with Crippen molar-refractivity contribution >= 4 is 11.9 Å². The van der Waals surface area contributed by atoms with Crippen LogP contribution >= 0.6 is 0 Å². The number of nitrogens with one attached hydrogen (secondary N) is 1. The molecule has 2 unspecified atom stereocenters. The topological polar surface area (TPSA) is 84.9 Å². The Hall–Kier alpha value is -1.14. The highest BCUT2D eigenvalue weighted by atomic mass is 16.5. The predicted molar refractivity (Wildman–Crippen MR) is 57.1 cm³/mol. The smallest absolute Gasteiger partial charge is 0.328 e. The van der Waals surface area contributed by atoms with E-state index < -0.39 is 23.5 Å². The minimum absolute atomic E-state index is 0.0788. The van der Waals surface area contributed by atoms with Gasteiger partial charge in [-0.25, -0.2) is 4.79 Å². The van der Waals surface area contributed by atoms with Crippen LogP contribution in [0.2, 0.25) is 0 Å². The SMILES string of the molecule is CCC(C)(OC)C(=O)NC(COC)C(=O)O. The van der Waals surface area contributed by atoms with E-state index in [9.17, 15) is 9.59 Å². The molecule has 0 saturated heterocycles. The highest BCUT2D eigenvalue weighted by Crippen LogP contribution is 2.14. The molecule has 0 aliphatic carbocycles. The number of amides is 1. The number of ether oxygens (including phenoxy) is 2. The quantitative estimate of drug-likeness (QED) is 0.647. The van der Waals surface area contributed by atoms with Crippen LogP contribution in [-0.2, 0) is 19.1 Å².